The van der Waals surface area contributed by atoms with Crippen molar-refractivity contribution >= 4 is 17.2 Å². The molecular formula is C21H27N3OS. The van der Waals surface area contributed by atoms with Crippen molar-refractivity contribution in [2.45, 2.75) is 52.1 Å². The summed E-state index contributed by atoms with van der Waals surface area (Å²) in [5.74, 6) is 0.257. The third kappa shape index (κ3) is 3.69. The molecular weight excluding hydrogens is 342 g/mol. The van der Waals surface area contributed by atoms with Gasteiger partial charge in [-0.15, -0.1) is 11.3 Å². The van der Waals surface area contributed by atoms with E-state index in [0.717, 1.165) is 69.7 Å². The molecule has 2 aliphatic rings. The lowest BCUT2D eigenvalue weighted by molar-refractivity contribution is 0.0723. The maximum atomic E-state index is 12.9. The number of aromatic nitrogens is 1. The van der Waals surface area contributed by atoms with Crippen molar-refractivity contribution in [1.29, 1.82) is 0 Å². The lowest BCUT2D eigenvalue weighted by Gasteiger charge is -2.29. The van der Waals surface area contributed by atoms with Crippen LogP contribution in [0.2, 0.25) is 0 Å². The van der Waals surface area contributed by atoms with Gasteiger partial charge in [0.05, 0.1) is 11.3 Å². The smallest absolute Gasteiger partial charge is 0.254 e. The van der Waals surface area contributed by atoms with Gasteiger partial charge in [-0.05, 0) is 49.3 Å². The molecule has 26 heavy (non-hydrogen) atoms. The standard InChI is InChI=1S/C21H27N3OS/c1-2-16-6-7-17(22-12-16)13-23-11-8-18-19(15-26-20(18)14-23)21(25)24-9-4-3-5-10-24/h6-7,12,15H,2-5,8-11,13-14H2,1H3. The summed E-state index contributed by atoms with van der Waals surface area (Å²) in [6.07, 6.45) is 7.55. The van der Waals surface area contributed by atoms with E-state index in [1.807, 2.05) is 6.20 Å². The number of aryl methyl sites for hydroxylation is 1. The summed E-state index contributed by atoms with van der Waals surface area (Å²) in [7, 11) is 0. The first-order chi connectivity index (χ1) is 12.7. The number of amides is 1. The molecule has 1 saturated heterocycles. The normalized spacial score (nSPS) is 18.0. The van der Waals surface area contributed by atoms with Crippen molar-refractivity contribution in [1.82, 2.24) is 14.8 Å². The van der Waals surface area contributed by atoms with Crippen LogP contribution in [0.25, 0.3) is 0 Å². The van der Waals surface area contributed by atoms with Crippen LogP contribution < -0.4 is 0 Å². The van der Waals surface area contributed by atoms with Crippen molar-refractivity contribution in [3.63, 3.8) is 0 Å². The molecule has 2 aliphatic heterocycles. The highest BCUT2D eigenvalue weighted by atomic mass is 32.1. The maximum Gasteiger partial charge on any atom is 0.254 e. The molecule has 4 nitrogen and oxygen atoms in total. The Morgan fingerprint density at radius 2 is 2.04 bits per heavy atom. The van der Waals surface area contributed by atoms with E-state index in [0.29, 0.717) is 0 Å². The summed E-state index contributed by atoms with van der Waals surface area (Å²) in [4.78, 5) is 23.3. The number of piperidine rings is 1. The monoisotopic (exact) mass is 369 g/mol. The highest BCUT2D eigenvalue weighted by molar-refractivity contribution is 7.10. The first kappa shape index (κ1) is 17.7. The summed E-state index contributed by atoms with van der Waals surface area (Å²) in [5, 5.41) is 2.10. The van der Waals surface area contributed by atoms with Crippen molar-refractivity contribution in [3.8, 4) is 0 Å². The molecule has 138 valence electrons. The minimum absolute atomic E-state index is 0.257. The Balaban J connectivity index is 1.43. The van der Waals surface area contributed by atoms with Crippen LogP contribution >= 0.6 is 11.3 Å². The van der Waals surface area contributed by atoms with E-state index in [9.17, 15) is 4.79 Å². The molecule has 0 unspecified atom stereocenters. The third-order valence-corrected chi connectivity index (χ3v) is 6.59. The van der Waals surface area contributed by atoms with Gasteiger partial charge in [0.25, 0.3) is 5.91 Å². The summed E-state index contributed by atoms with van der Waals surface area (Å²) < 4.78 is 0. The number of hydrogen-bond acceptors (Lipinski definition) is 4. The fourth-order valence-corrected chi connectivity index (χ4v) is 5.06. The lowest BCUT2D eigenvalue weighted by atomic mass is 10.0. The van der Waals surface area contributed by atoms with E-state index in [1.165, 1.54) is 22.4 Å². The molecule has 0 bridgehead atoms. The Hall–Kier alpha value is -1.72. The average molecular weight is 370 g/mol. The van der Waals surface area contributed by atoms with Gasteiger partial charge in [0.2, 0.25) is 0 Å². The average Bonchev–Trinajstić information content (AvgIpc) is 3.12. The van der Waals surface area contributed by atoms with Crippen LogP contribution in [-0.2, 0) is 25.9 Å². The maximum absolute atomic E-state index is 12.9. The fourth-order valence-electron chi connectivity index (χ4n) is 3.95. The van der Waals surface area contributed by atoms with E-state index in [-0.39, 0.29) is 5.91 Å². The predicted octanol–water partition coefficient (Wildman–Crippen LogP) is 3.89. The van der Waals surface area contributed by atoms with Crippen LogP contribution in [-0.4, -0.2) is 40.3 Å². The third-order valence-electron chi connectivity index (χ3n) is 5.58. The van der Waals surface area contributed by atoms with Crippen LogP contribution in [0, 0.1) is 0 Å². The van der Waals surface area contributed by atoms with Crippen LogP contribution in [0.3, 0.4) is 0 Å². The highest BCUT2D eigenvalue weighted by Gasteiger charge is 2.27. The Morgan fingerprint density at radius 1 is 1.19 bits per heavy atom. The van der Waals surface area contributed by atoms with E-state index >= 15 is 0 Å². The van der Waals surface area contributed by atoms with Crippen LogP contribution in [0.1, 0.15) is 58.2 Å². The minimum Gasteiger partial charge on any atom is -0.339 e. The zero-order valence-electron chi connectivity index (χ0n) is 15.5. The molecule has 0 N–H and O–H groups in total. The second-order valence-corrected chi connectivity index (χ2v) is 8.34. The number of rotatable bonds is 4. The van der Waals surface area contributed by atoms with E-state index in [4.69, 9.17) is 0 Å². The first-order valence-corrected chi connectivity index (χ1v) is 10.7. The molecule has 1 fully saturated rings. The number of thiophene rings is 1. The quantitative estimate of drug-likeness (QED) is 0.820. The summed E-state index contributed by atoms with van der Waals surface area (Å²) in [6, 6.07) is 4.33. The second kappa shape index (κ2) is 7.89. The van der Waals surface area contributed by atoms with E-state index < -0.39 is 0 Å². The van der Waals surface area contributed by atoms with Crippen LogP contribution in [0.4, 0.5) is 0 Å². The van der Waals surface area contributed by atoms with Gasteiger partial charge in [0.1, 0.15) is 0 Å². The summed E-state index contributed by atoms with van der Waals surface area (Å²) >= 11 is 1.76. The van der Waals surface area contributed by atoms with Crippen molar-refractivity contribution in [3.05, 3.63) is 51.0 Å². The molecule has 5 heteroatoms. The Labute approximate surface area is 159 Å². The lowest BCUT2D eigenvalue weighted by Crippen LogP contribution is -2.36. The summed E-state index contributed by atoms with van der Waals surface area (Å²) in [5.41, 5.74) is 4.69. The number of carbonyl (C=O) groups is 1. The zero-order valence-corrected chi connectivity index (χ0v) is 16.4. The molecule has 4 heterocycles. The SMILES string of the molecule is CCc1ccc(CN2CCc3c(C(=O)N4CCCCC4)csc3C2)nc1. The molecule has 0 radical (unpaired) electrons. The van der Waals surface area contributed by atoms with E-state index in [2.05, 4.69) is 39.2 Å². The van der Waals surface area contributed by atoms with Crippen molar-refractivity contribution < 1.29 is 4.79 Å². The van der Waals surface area contributed by atoms with Gasteiger partial charge in [-0.1, -0.05) is 13.0 Å². The van der Waals surface area contributed by atoms with Gasteiger partial charge in [0.15, 0.2) is 0 Å². The van der Waals surface area contributed by atoms with Gasteiger partial charge in [0, 0.05) is 49.2 Å². The number of fused-ring (bicyclic) bond motifs is 1. The molecule has 2 aromatic rings. The molecule has 0 saturated carbocycles. The van der Waals surface area contributed by atoms with Crippen LogP contribution in [0.5, 0.6) is 0 Å². The van der Waals surface area contributed by atoms with Crippen molar-refractivity contribution in [2.24, 2.45) is 0 Å². The molecule has 1 amide bonds. The Kier molecular flexibility index (Phi) is 5.36. The van der Waals surface area contributed by atoms with Crippen LogP contribution in [0.15, 0.2) is 23.7 Å². The Bertz CT molecular complexity index is 762. The topological polar surface area (TPSA) is 36.4 Å². The van der Waals surface area contributed by atoms with Gasteiger partial charge in [-0.2, -0.15) is 0 Å². The van der Waals surface area contributed by atoms with Gasteiger partial charge in [-0.25, -0.2) is 0 Å². The van der Waals surface area contributed by atoms with Gasteiger partial charge in [-0.3, -0.25) is 14.7 Å². The molecule has 2 aromatic heterocycles. The largest absolute Gasteiger partial charge is 0.339 e. The fraction of sp³-hybridized carbons (Fsp3) is 0.524. The number of carbonyl (C=O) groups excluding carboxylic acids is 1. The van der Waals surface area contributed by atoms with Gasteiger partial charge < -0.3 is 4.90 Å². The number of nitrogens with zero attached hydrogens (tertiary/aromatic N) is 3. The second-order valence-electron chi connectivity index (χ2n) is 7.38. The number of pyridine rings is 1. The van der Waals surface area contributed by atoms with Crippen molar-refractivity contribution in [2.75, 3.05) is 19.6 Å². The number of hydrogen-bond donors (Lipinski definition) is 0. The zero-order chi connectivity index (χ0) is 17.9. The molecule has 0 aliphatic carbocycles. The predicted molar refractivity (Wildman–Crippen MR) is 106 cm³/mol. The molecule has 0 spiro atoms. The van der Waals surface area contributed by atoms with Gasteiger partial charge >= 0.3 is 0 Å². The minimum atomic E-state index is 0.257. The first-order valence-electron chi connectivity index (χ1n) is 9.79. The van der Waals surface area contributed by atoms with E-state index in [1.54, 1.807) is 11.3 Å². The molecule has 4 rings (SSSR count). The summed E-state index contributed by atoms with van der Waals surface area (Å²) in [6.45, 7) is 6.83. The molecule has 0 atom stereocenters. The molecule has 0 aromatic carbocycles. The number of likely N-dealkylation sites (tertiary alicyclic amines) is 1. The Morgan fingerprint density at radius 3 is 2.77 bits per heavy atom. The highest BCUT2D eigenvalue weighted by Crippen LogP contribution is 2.30.